The Morgan fingerprint density at radius 2 is 1.92 bits per heavy atom. The molecule has 1 amide bonds. The number of Topliss-reactive ketones (excluding diaryl/α,β-unsaturated/α-hetero) is 1. The maximum atomic E-state index is 12.8. The molecule has 0 fully saturated rings. The first-order chi connectivity index (χ1) is 11.4. The summed E-state index contributed by atoms with van der Waals surface area (Å²) < 4.78 is 19.6. The zero-order valence-electron chi connectivity index (χ0n) is 13.9. The van der Waals surface area contributed by atoms with Gasteiger partial charge < -0.3 is 10.1 Å². The van der Waals surface area contributed by atoms with Crippen LogP contribution < -0.4 is 10.1 Å². The monoisotopic (exact) mass is 333 g/mol. The summed E-state index contributed by atoms with van der Waals surface area (Å²) in [6.45, 7) is 1.77. The summed E-state index contributed by atoms with van der Waals surface area (Å²) in [7, 11) is 3.23. The van der Waals surface area contributed by atoms with E-state index in [4.69, 9.17) is 4.74 Å². The number of aryl methyl sites for hydroxylation is 2. The third kappa shape index (κ3) is 4.18. The predicted molar refractivity (Wildman–Crippen MR) is 87.7 cm³/mol. The van der Waals surface area contributed by atoms with Crippen LogP contribution in [0, 0.1) is 12.7 Å². The van der Waals surface area contributed by atoms with E-state index in [9.17, 15) is 14.0 Å². The number of aromatic nitrogens is 2. The van der Waals surface area contributed by atoms with Gasteiger partial charge in [-0.1, -0.05) is 0 Å². The first-order valence-electron chi connectivity index (χ1n) is 7.58. The number of amides is 1. The summed E-state index contributed by atoms with van der Waals surface area (Å²) in [6.07, 6.45) is 0.830. The second kappa shape index (κ2) is 7.72. The lowest BCUT2D eigenvalue weighted by atomic mass is 10.1. The molecular formula is C17H20FN3O3. The number of carbonyl (C=O) groups is 2. The summed E-state index contributed by atoms with van der Waals surface area (Å²) in [5, 5.41) is 6.95. The van der Waals surface area contributed by atoms with E-state index in [-0.39, 0.29) is 30.3 Å². The smallest absolute Gasteiger partial charge is 0.236 e. The molecule has 1 aromatic heterocycles. The van der Waals surface area contributed by atoms with Gasteiger partial charge in [-0.05, 0) is 37.6 Å². The topological polar surface area (TPSA) is 73.2 Å². The summed E-state index contributed by atoms with van der Waals surface area (Å²) in [4.78, 5) is 24.0. The molecule has 0 saturated carbocycles. The Morgan fingerprint density at radius 1 is 1.25 bits per heavy atom. The zero-order valence-corrected chi connectivity index (χ0v) is 13.9. The molecule has 0 aliphatic rings. The number of carbonyl (C=O) groups excluding carboxylic acids is 2. The van der Waals surface area contributed by atoms with E-state index >= 15 is 0 Å². The van der Waals surface area contributed by atoms with Gasteiger partial charge in [0, 0.05) is 25.5 Å². The zero-order chi connectivity index (χ0) is 17.7. The van der Waals surface area contributed by atoms with Crippen LogP contribution in [0.5, 0.6) is 5.88 Å². The van der Waals surface area contributed by atoms with Crippen molar-refractivity contribution in [3.8, 4) is 5.88 Å². The lowest BCUT2D eigenvalue weighted by Crippen LogP contribution is -2.13. The van der Waals surface area contributed by atoms with Gasteiger partial charge in [-0.15, -0.1) is 0 Å². The van der Waals surface area contributed by atoms with E-state index in [1.807, 2.05) is 0 Å². The number of hydrogen-bond acceptors (Lipinski definition) is 4. The van der Waals surface area contributed by atoms with Crippen LogP contribution in [0.1, 0.15) is 35.3 Å². The third-order valence-electron chi connectivity index (χ3n) is 3.60. The number of ketones is 1. The summed E-state index contributed by atoms with van der Waals surface area (Å²) in [6, 6.07) is 5.39. The van der Waals surface area contributed by atoms with Gasteiger partial charge in [0.15, 0.2) is 5.78 Å². The minimum absolute atomic E-state index is 0.113. The first kappa shape index (κ1) is 17.7. The van der Waals surface area contributed by atoms with Gasteiger partial charge in [0.1, 0.15) is 11.5 Å². The minimum atomic E-state index is -0.383. The number of halogens is 1. The van der Waals surface area contributed by atoms with Gasteiger partial charge in [-0.25, -0.2) is 9.07 Å². The molecule has 1 aromatic carbocycles. The Morgan fingerprint density at radius 3 is 2.54 bits per heavy atom. The van der Waals surface area contributed by atoms with Crippen LogP contribution in [0.25, 0.3) is 0 Å². The maximum Gasteiger partial charge on any atom is 0.236 e. The van der Waals surface area contributed by atoms with Crippen molar-refractivity contribution < 1.29 is 18.7 Å². The van der Waals surface area contributed by atoms with Gasteiger partial charge in [0.2, 0.25) is 11.8 Å². The van der Waals surface area contributed by atoms with Gasteiger partial charge in [-0.3, -0.25) is 9.59 Å². The Labute approximate surface area is 139 Å². The van der Waals surface area contributed by atoms with Crippen molar-refractivity contribution in [1.82, 2.24) is 9.78 Å². The Kier molecular flexibility index (Phi) is 5.68. The summed E-state index contributed by atoms with van der Waals surface area (Å²) >= 11 is 0. The first-order valence-corrected chi connectivity index (χ1v) is 7.58. The fraction of sp³-hybridized carbons (Fsp3) is 0.353. The molecular weight excluding hydrogens is 313 g/mol. The molecule has 7 heteroatoms. The largest absolute Gasteiger partial charge is 0.480 e. The van der Waals surface area contributed by atoms with Crippen molar-refractivity contribution in [2.45, 2.75) is 26.2 Å². The van der Waals surface area contributed by atoms with Crippen molar-refractivity contribution in [1.29, 1.82) is 0 Å². The van der Waals surface area contributed by atoms with E-state index in [1.54, 1.807) is 18.7 Å². The summed E-state index contributed by atoms with van der Waals surface area (Å²) in [5.74, 6) is -0.232. The van der Waals surface area contributed by atoms with Crippen molar-refractivity contribution in [3.05, 3.63) is 41.3 Å². The van der Waals surface area contributed by atoms with E-state index < -0.39 is 0 Å². The number of benzene rings is 1. The second-order valence-corrected chi connectivity index (χ2v) is 5.43. The van der Waals surface area contributed by atoms with Gasteiger partial charge in [-0.2, -0.15) is 5.10 Å². The number of methoxy groups -OCH3 is 1. The molecule has 0 aliphatic heterocycles. The van der Waals surface area contributed by atoms with Crippen molar-refractivity contribution in [3.63, 3.8) is 0 Å². The quantitative estimate of drug-likeness (QED) is 0.791. The molecule has 24 heavy (non-hydrogen) atoms. The van der Waals surface area contributed by atoms with E-state index in [0.717, 1.165) is 0 Å². The Bertz CT molecular complexity index is 738. The van der Waals surface area contributed by atoms with Gasteiger partial charge >= 0.3 is 0 Å². The van der Waals surface area contributed by atoms with E-state index in [1.165, 1.54) is 31.4 Å². The highest BCUT2D eigenvalue weighted by molar-refractivity contribution is 5.97. The van der Waals surface area contributed by atoms with Crippen molar-refractivity contribution >= 4 is 17.4 Å². The molecule has 0 radical (unpaired) electrons. The Balaban J connectivity index is 1.85. The SMILES string of the molecule is COc1c(NC(=O)CCCC(=O)c2ccc(F)cc2)c(C)nn1C. The normalized spacial score (nSPS) is 10.5. The van der Waals surface area contributed by atoms with Crippen LogP contribution in [0.3, 0.4) is 0 Å². The number of hydrogen-bond donors (Lipinski definition) is 1. The molecule has 0 unspecified atom stereocenters. The molecule has 128 valence electrons. The van der Waals surface area contributed by atoms with Crippen LogP contribution >= 0.6 is 0 Å². The fourth-order valence-electron chi connectivity index (χ4n) is 2.41. The number of nitrogens with one attached hydrogen (secondary N) is 1. The Hall–Kier alpha value is -2.70. The highest BCUT2D eigenvalue weighted by Gasteiger charge is 2.16. The lowest BCUT2D eigenvalue weighted by molar-refractivity contribution is -0.116. The van der Waals surface area contributed by atoms with Crippen molar-refractivity contribution in [2.24, 2.45) is 7.05 Å². The molecule has 1 heterocycles. The lowest BCUT2D eigenvalue weighted by Gasteiger charge is -2.07. The molecule has 0 aliphatic carbocycles. The molecule has 6 nitrogen and oxygen atoms in total. The predicted octanol–water partition coefficient (Wildman–Crippen LogP) is 2.87. The highest BCUT2D eigenvalue weighted by Crippen LogP contribution is 2.27. The summed E-state index contributed by atoms with van der Waals surface area (Å²) in [5.41, 5.74) is 1.64. The average molecular weight is 333 g/mol. The van der Waals surface area contributed by atoms with Crippen LogP contribution in [-0.2, 0) is 11.8 Å². The highest BCUT2D eigenvalue weighted by atomic mass is 19.1. The molecule has 0 atom stereocenters. The molecule has 0 bridgehead atoms. The maximum absolute atomic E-state index is 12.8. The van der Waals surface area contributed by atoms with Crippen LogP contribution in [-0.4, -0.2) is 28.6 Å². The number of anilines is 1. The molecule has 2 rings (SSSR count). The fourth-order valence-corrected chi connectivity index (χ4v) is 2.41. The van der Waals surface area contributed by atoms with Crippen LogP contribution in [0.4, 0.5) is 10.1 Å². The van der Waals surface area contributed by atoms with Gasteiger partial charge in [0.25, 0.3) is 0 Å². The van der Waals surface area contributed by atoms with E-state index in [0.29, 0.717) is 29.2 Å². The average Bonchev–Trinajstić information content (AvgIpc) is 2.81. The third-order valence-corrected chi connectivity index (χ3v) is 3.60. The standard InChI is InChI=1S/C17H20FN3O3/c1-11-16(17(24-3)21(2)20-11)19-15(23)6-4-5-14(22)12-7-9-13(18)10-8-12/h7-10H,4-6H2,1-3H3,(H,19,23). The van der Waals surface area contributed by atoms with Crippen LogP contribution in [0.15, 0.2) is 24.3 Å². The number of ether oxygens (including phenoxy) is 1. The molecule has 0 spiro atoms. The van der Waals surface area contributed by atoms with E-state index in [2.05, 4.69) is 10.4 Å². The molecule has 2 aromatic rings. The van der Waals surface area contributed by atoms with Gasteiger partial charge in [0.05, 0.1) is 12.8 Å². The van der Waals surface area contributed by atoms with Crippen molar-refractivity contribution in [2.75, 3.05) is 12.4 Å². The number of nitrogens with zero attached hydrogens (tertiary/aromatic N) is 2. The number of rotatable bonds is 7. The van der Waals surface area contributed by atoms with Crippen LogP contribution in [0.2, 0.25) is 0 Å². The second-order valence-electron chi connectivity index (χ2n) is 5.43. The molecule has 1 N–H and O–H groups in total. The minimum Gasteiger partial charge on any atom is -0.480 e. The molecule has 0 saturated heterocycles.